The molecule has 2 aromatic rings. The van der Waals surface area contributed by atoms with Gasteiger partial charge in [-0.1, -0.05) is 12.1 Å². The zero-order valence-electron chi connectivity index (χ0n) is 13.3. The number of ether oxygens (including phenoxy) is 1. The Hall–Kier alpha value is -2.61. The highest BCUT2D eigenvalue weighted by Gasteiger charge is 2.11. The minimum absolute atomic E-state index is 0.119. The first-order valence-corrected chi connectivity index (χ1v) is 7.16. The summed E-state index contributed by atoms with van der Waals surface area (Å²) in [5.74, 6) is 0.789. The molecule has 0 N–H and O–H groups in total. The lowest BCUT2D eigenvalue weighted by Crippen LogP contribution is -2.27. The van der Waals surface area contributed by atoms with Gasteiger partial charge in [0.05, 0.1) is 18.3 Å². The van der Waals surface area contributed by atoms with E-state index in [1.54, 1.807) is 13.8 Å². The second-order valence-electron chi connectivity index (χ2n) is 5.47. The van der Waals surface area contributed by atoms with Crippen molar-refractivity contribution in [3.8, 4) is 11.8 Å². The standard InChI is InChI=1S/C17H19N3O2/c1-11(2)22-15-7-5-14(6-8-15)10-20-17(21)16(9-18)12(3)13(4)19-20/h5-8,11H,10H2,1-4H3. The summed E-state index contributed by atoms with van der Waals surface area (Å²) in [5, 5.41) is 13.4. The van der Waals surface area contributed by atoms with Crippen molar-refractivity contribution in [2.24, 2.45) is 0 Å². The van der Waals surface area contributed by atoms with Crippen LogP contribution < -0.4 is 10.3 Å². The zero-order valence-corrected chi connectivity index (χ0v) is 13.3. The van der Waals surface area contributed by atoms with Crippen molar-refractivity contribution in [3.63, 3.8) is 0 Å². The van der Waals surface area contributed by atoms with E-state index in [0.717, 1.165) is 11.3 Å². The van der Waals surface area contributed by atoms with Gasteiger partial charge in [-0.15, -0.1) is 0 Å². The molecule has 0 aliphatic carbocycles. The first kappa shape index (κ1) is 15.8. The summed E-state index contributed by atoms with van der Waals surface area (Å²) in [4.78, 5) is 12.2. The first-order chi connectivity index (χ1) is 10.4. The average Bonchev–Trinajstić information content (AvgIpc) is 2.47. The van der Waals surface area contributed by atoms with Crippen molar-refractivity contribution < 1.29 is 4.74 Å². The van der Waals surface area contributed by atoms with Gasteiger partial charge in [0, 0.05) is 0 Å². The third-order valence-electron chi connectivity index (χ3n) is 3.38. The number of hydrogen-bond donors (Lipinski definition) is 0. The predicted molar refractivity (Wildman–Crippen MR) is 84.0 cm³/mol. The van der Waals surface area contributed by atoms with E-state index < -0.39 is 0 Å². The Morgan fingerprint density at radius 3 is 2.45 bits per heavy atom. The molecule has 22 heavy (non-hydrogen) atoms. The summed E-state index contributed by atoms with van der Waals surface area (Å²) in [6.07, 6.45) is 0.119. The smallest absolute Gasteiger partial charge is 0.285 e. The van der Waals surface area contributed by atoms with Gasteiger partial charge in [-0.25, -0.2) is 4.68 Å². The fourth-order valence-electron chi connectivity index (χ4n) is 2.13. The van der Waals surface area contributed by atoms with Crippen LogP contribution in [-0.4, -0.2) is 15.9 Å². The maximum Gasteiger partial charge on any atom is 0.285 e. The topological polar surface area (TPSA) is 67.9 Å². The van der Waals surface area contributed by atoms with E-state index in [1.807, 2.05) is 44.2 Å². The molecule has 5 heteroatoms. The molecule has 0 radical (unpaired) electrons. The second-order valence-corrected chi connectivity index (χ2v) is 5.47. The van der Waals surface area contributed by atoms with Crippen LogP contribution in [0.15, 0.2) is 29.1 Å². The van der Waals surface area contributed by atoms with Gasteiger partial charge in [0.1, 0.15) is 17.4 Å². The van der Waals surface area contributed by atoms with Gasteiger partial charge >= 0.3 is 0 Å². The molecule has 0 aliphatic rings. The molecule has 0 spiro atoms. The van der Waals surface area contributed by atoms with E-state index in [4.69, 9.17) is 10.00 Å². The van der Waals surface area contributed by atoms with Gasteiger partial charge in [0.15, 0.2) is 0 Å². The minimum atomic E-state index is -0.354. The Morgan fingerprint density at radius 2 is 1.91 bits per heavy atom. The van der Waals surface area contributed by atoms with Crippen LogP contribution in [-0.2, 0) is 6.54 Å². The largest absolute Gasteiger partial charge is 0.491 e. The summed E-state index contributed by atoms with van der Waals surface area (Å²) in [6.45, 7) is 7.80. The van der Waals surface area contributed by atoms with Crippen molar-refractivity contribution >= 4 is 0 Å². The van der Waals surface area contributed by atoms with Crippen molar-refractivity contribution in [2.75, 3.05) is 0 Å². The van der Waals surface area contributed by atoms with E-state index >= 15 is 0 Å². The van der Waals surface area contributed by atoms with Crippen molar-refractivity contribution in [1.82, 2.24) is 9.78 Å². The highest BCUT2D eigenvalue weighted by Crippen LogP contribution is 2.14. The lowest BCUT2D eigenvalue weighted by molar-refractivity contribution is 0.242. The van der Waals surface area contributed by atoms with Gasteiger partial charge in [-0.3, -0.25) is 4.79 Å². The number of benzene rings is 1. The van der Waals surface area contributed by atoms with Crippen molar-refractivity contribution in [1.29, 1.82) is 5.26 Å². The highest BCUT2D eigenvalue weighted by atomic mass is 16.5. The Labute approximate surface area is 129 Å². The van der Waals surface area contributed by atoms with Crippen LogP contribution in [0.25, 0.3) is 0 Å². The van der Waals surface area contributed by atoms with Gasteiger partial charge in [0.25, 0.3) is 5.56 Å². The van der Waals surface area contributed by atoms with Gasteiger partial charge in [-0.05, 0) is 51.0 Å². The zero-order chi connectivity index (χ0) is 16.3. The number of aromatic nitrogens is 2. The van der Waals surface area contributed by atoms with E-state index in [0.29, 0.717) is 17.8 Å². The van der Waals surface area contributed by atoms with Gasteiger partial charge < -0.3 is 4.74 Å². The summed E-state index contributed by atoms with van der Waals surface area (Å²) < 4.78 is 6.92. The Morgan fingerprint density at radius 1 is 1.27 bits per heavy atom. The molecule has 0 unspecified atom stereocenters. The molecule has 1 aromatic heterocycles. The van der Waals surface area contributed by atoms with E-state index in [-0.39, 0.29) is 17.2 Å². The van der Waals surface area contributed by atoms with Crippen LogP contribution in [0, 0.1) is 25.2 Å². The molecule has 5 nitrogen and oxygen atoms in total. The molecule has 1 heterocycles. The van der Waals surface area contributed by atoms with Gasteiger partial charge in [-0.2, -0.15) is 10.4 Å². The molecule has 0 fully saturated rings. The van der Waals surface area contributed by atoms with Crippen LogP contribution in [0.1, 0.15) is 36.2 Å². The number of rotatable bonds is 4. The lowest BCUT2D eigenvalue weighted by Gasteiger charge is -2.11. The molecule has 0 aliphatic heterocycles. The second kappa shape index (κ2) is 6.44. The van der Waals surface area contributed by atoms with Crippen LogP contribution >= 0.6 is 0 Å². The summed E-state index contributed by atoms with van der Waals surface area (Å²) in [6, 6.07) is 9.50. The van der Waals surface area contributed by atoms with Crippen LogP contribution in [0.5, 0.6) is 5.75 Å². The fourth-order valence-corrected chi connectivity index (χ4v) is 2.13. The number of nitrogens with zero attached hydrogens (tertiary/aromatic N) is 3. The molecule has 0 saturated carbocycles. The summed E-state index contributed by atoms with van der Waals surface area (Å²) in [5.41, 5.74) is 2.07. The molecule has 2 rings (SSSR count). The molecule has 1 aromatic carbocycles. The maximum absolute atomic E-state index is 12.2. The average molecular weight is 297 g/mol. The number of nitriles is 1. The molecule has 0 atom stereocenters. The number of aryl methyl sites for hydroxylation is 1. The third-order valence-corrected chi connectivity index (χ3v) is 3.38. The summed E-state index contributed by atoms with van der Waals surface area (Å²) >= 11 is 0. The summed E-state index contributed by atoms with van der Waals surface area (Å²) in [7, 11) is 0. The lowest BCUT2D eigenvalue weighted by atomic mass is 10.1. The van der Waals surface area contributed by atoms with E-state index in [1.165, 1.54) is 4.68 Å². The molecular formula is C17H19N3O2. The first-order valence-electron chi connectivity index (χ1n) is 7.16. The Bertz CT molecular complexity index is 768. The maximum atomic E-state index is 12.2. The quantitative estimate of drug-likeness (QED) is 0.869. The van der Waals surface area contributed by atoms with Crippen molar-refractivity contribution in [2.45, 2.75) is 40.3 Å². The SMILES string of the molecule is Cc1nn(Cc2ccc(OC(C)C)cc2)c(=O)c(C#N)c1C. The Balaban J connectivity index is 2.30. The normalized spacial score (nSPS) is 10.5. The van der Waals surface area contributed by atoms with E-state index in [9.17, 15) is 4.79 Å². The van der Waals surface area contributed by atoms with E-state index in [2.05, 4.69) is 5.10 Å². The molecule has 0 amide bonds. The monoisotopic (exact) mass is 297 g/mol. The number of hydrogen-bond acceptors (Lipinski definition) is 4. The molecule has 0 saturated heterocycles. The minimum Gasteiger partial charge on any atom is -0.491 e. The third kappa shape index (κ3) is 3.34. The van der Waals surface area contributed by atoms with Gasteiger partial charge in [0.2, 0.25) is 0 Å². The van der Waals surface area contributed by atoms with Crippen LogP contribution in [0.4, 0.5) is 0 Å². The molecule has 114 valence electrons. The molecular weight excluding hydrogens is 278 g/mol. The van der Waals surface area contributed by atoms with Crippen molar-refractivity contribution in [3.05, 3.63) is 57.0 Å². The van der Waals surface area contributed by atoms with Crippen LogP contribution in [0.2, 0.25) is 0 Å². The fraction of sp³-hybridized carbons (Fsp3) is 0.353. The highest BCUT2D eigenvalue weighted by molar-refractivity contribution is 5.36. The van der Waals surface area contributed by atoms with Crippen LogP contribution in [0.3, 0.4) is 0 Å². The predicted octanol–water partition coefficient (Wildman–Crippen LogP) is 2.57. The Kier molecular flexibility index (Phi) is 4.62. The molecule has 0 bridgehead atoms.